The van der Waals surface area contributed by atoms with Gasteiger partial charge in [0.2, 0.25) is 0 Å². The van der Waals surface area contributed by atoms with Crippen molar-refractivity contribution in [2.24, 2.45) is 0 Å². The number of hydrogen-bond donors (Lipinski definition) is 1. The van der Waals surface area contributed by atoms with E-state index in [1.54, 1.807) is 41.3 Å². The predicted molar refractivity (Wildman–Crippen MR) is 109 cm³/mol. The largest absolute Gasteiger partial charge is 0.484 e. The summed E-state index contributed by atoms with van der Waals surface area (Å²) >= 11 is 3.46. The maximum atomic E-state index is 12.6. The van der Waals surface area contributed by atoms with Crippen LogP contribution >= 0.6 is 15.9 Å². The average Bonchev–Trinajstić information content (AvgIpc) is 3.36. The maximum Gasteiger partial charge on any atom is 0.291 e. The SMILES string of the molecule is O=C(Nc1cccc(OCC(=O)N2CCc3cc(Br)ccc32)c1)c1ccco1. The molecule has 1 N–H and O–H groups in total. The van der Waals surface area contributed by atoms with E-state index in [0.29, 0.717) is 18.0 Å². The number of nitrogens with one attached hydrogen (secondary N) is 1. The fourth-order valence-electron chi connectivity index (χ4n) is 3.12. The van der Waals surface area contributed by atoms with Crippen LogP contribution in [0.2, 0.25) is 0 Å². The smallest absolute Gasteiger partial charge is 0.291 e. The summed E-state index contributed by atoms with van der Waals surface area (Å²) in [6.45, 7) is 0.568. The second-order valence-electron chi connectivity index (χ2n) is 6.32. The van der Waals surface area contributed by atoms with Gasteiger partial charge in [0.25, 0.3) is 11.8 Å². The molecular weight excluding hydrogens is 424 g/mol. The first-order valence-corrected chi connectivity index (χ1v) is 9.56. The first kappa shape index (κ1) is 18.3. The molecule has 1 aliphatic heterocycles. The number of anilines is 2. The van der Waals surface area contributed by atoms with Gasteiger partial charge in [-0.2, -0.15) is 0 Å². The second-order valence-corrected chi connectivity index (χ2v) is 7.23. The molecule has 2 amide bonds. The van der Waals surface area contributed by atoms with E-state index in [9.17, 15) is 9.59 Å². The van der Waals surface area contributed by atoms with Crippen molar-refractivity contribution in [3.8, 4) is 5.75 Å². The zero-order valence-electron chi connectivity index (χ0n) is 14.9. The van der Waals surface area contributed by atoms with Gasteiger partial charge < -0.3 is 19.4 Å². The fourth-order valence-corrected chi connectivity index (χ4v) is 3.52. The van der Waals surface area contributed by atoms with Crippen molar-refractivity contribution in [1.29, 1.82) is 0 Å². The van der Waals surface area contributed by atoms with Crippen molar-refractivity contribution in [3.63, 3.8) is 0 Å². The molecule has 2 heterocycles. The lowest BCUT2D eigenvalue weighted by Crippen LogP contribution is -2.33. The molecule has 0 radical (unpaired) electrons. The van der Waals surface area contributed by atoms with E-state index in [1.165, 1.54) is 6.26 Å². The lowest BCUT2D eigenvalue weighted by Gasteiger charge is -2.18. The van der Waals surface area contributed by atoms with Crippen LogP contribution in [0, 0.1) is 0 Å². The molecule has 0 fully saturated rings. The van der Waals surface area contributed by atoms with Crippen molar-refractivity contribution < 1.29 is 18.7 Å². The number of carbonyl (C=O) groups excluding carboxylic acids is 2. The summed E-state index contributed by atoms with van der Waals surface area (Å²) in [5.41, 5.74) is 2.63. The zero-order valence-corrected chi connectivity index (χ0v) is 16.4. The van der Waals surface area contributed by atoms with Gasteiger partial charge in [-0.3, -0.25) is 9.59 Å². The highest BCUT2D eigenvalue weighted by Crippen LogP contribution is 2.30. The van der Waals surface area contributed by atoms with Crippen molar-refractivity contribution >= 4 is 39.1 Å². The Morgan fingerprint density at radius 1 is 1.14 bits per heavy atom. The van der Waals surface area contributed by atoms with Crippen LogP contribution in [0.15, 0.2) is 69.8 Å². The van der Waals surface area contributed by atoms with Crippen molar-refractivity contribution in [1.82, 2.24) is 0 Å². The molecule has 0 spiro atoms. The van der Waals surface area contributed by atoms with Gasteiger partial charge >= 0.3 is 0 Å². The minimum Gasteiger partial charge on any atom is -0.484 e. The van der Waals surface area contributed by atoms with Crippen LogP contribution in [-0.2, 0) is 11.2 Å². The minimum absolute atomic E-state index is 0.0783. The summed E-state index contributed by atoms with van der Waals surface area (Å²) in [7, 11) is 0. The Kier molecular flexibility index (Phi) is 5.16. The summed E-state index contributed by atoms with van der Waals surface area (Å²) in [5, 5.41) is 2.73. The molecule has 0 aliphatic carbocycles. The van der Waals surface area contributed by atoms with Crippen LogP contribution in [0.25, 0.3) is 0 Å². The summed E-state index contributed by atoms with van der Waals surface area (Å²) in [6.07, 6.45) is 2.27. The van der Waals surface area contributed by atoms with Gasteiger partial charge in [0.05, 0.1) is 6.26 Å². The third-order valence-corrected chi connectivity index (χ3v) is 4.93. The van der Waals surface area contributed by atoms with Crippen molar-refractivity contribution in [2.45, 2.75) is 6.42 Å². The predicted octanol–water partition coefficient (Wildman–Crippen LogP) is 4.26. The zero-order chi connectivity index (χ0) is 19.5. The normalized spacial score (nSPS) is 12.5. The highest BCUT2D eigenvalue weighted by atomic mass is 79.9. The first-order chi connectivity index (χ1) is 13.6. The van der Waals surface area contributed by atoms with Gasteiger partial charge in [-0.15, -0.1) is 0 Å². The average molecular weight is 441 g/mol. The summed E-state index contributed by atoms with van der Waals surface area (Å²) < 4.78 is 11.7. The standard InChI is InChI=1S/C21H17BrN2O4/c22-15-6-7-18-14(11-15)8-9-24(18)20(25)13-28-17-4-1-3-16(12-17)23-21(26)19-5-2-10-27-19/h1-7,10-12H,8-9,13H2,(H,23,26). The number of fused-ring (bicyclic) bond motifs is 1. The Labute approximate surface area is 170 Å². The third kappa shape index (κ3) is 3.94. The minimum atomic E-state index is -0.349. The highest BCUT2D eigenvalue weighted by Gasteiger charge is 2.25. The number of carbonyl (C=O) groups is 2. The number of rotatable bonds is 5. The van der Waals surface area contributed by atoms with Gasteiger partial charge in [0.15, 0.2) is 12.4 Å². The van der Waals surface area contributed by atoms with E-state index < -0.39 is 0 Å². The van der Waals surface area contributed by atoms with E-state index in [-0.39, 0.29) is 24.2 Å². The molecule has 1 aromatic heterocycles. The van der Waals surface area contributed by atoms with Crippen LogP contribution in [-0.4, -0.2) is 25.0 Å². The quantitative estimate of drug-likeness (QED) is 0.642. The Hall–Kier alpha value is -3.06. The molecule has 6 nitrogen and oxygen atoms in total. The number of amides is 2. The molecule has 28 heavy (non-hydrogen) atoms. The molecular formula is C21H17BrN2O4. The maximum absolute atomic E-state index is 12.6. The molecule has 0 bridgehead atoms. The Bertz CT molecular complexity index is 1020. The number of benzene rings is 2. The molecule has 142 valence electrons. The number of furan rings is 1. The van der Waals surface area contributed by atoms with Crippen LogP contribution in [0.1, 0.15) is 16.1 Å². The summed E-state index contributed by atoms with van der Waals surface area (Å²) in [5.74, 6) is 0.269. The Balaban J connectivity index is 1.38. The molecule has 0 saturated heterocycles. The van der Waals surface area contributed by atoms with E-state index >= 15 is 0 Å². The van der Waals surface area contributed by atoms with E-state index in [4.69, 9.17) is 9.15 Å². The molecule has 2 aromatic carbocycles. The number of nitrogens with zero attached hydrogens (tertiary/aromatic N) is 1. The van der Waals surface area contributed by atoms with Gasteiger partial charge in [-0.05, 0) is 54.4 Å². The molecule has 0 atom stereocenters. The van der Waals surface area contributed by atoms with Gasteiger partial charge in [0, 0.05) is 28.5 Å². The lowest BCUT2D eigenvalue weighted by molar-refractivity contribution is -0.120. The summed E-state index contributed by atoms with van der Waals surface area (Å²) in [4.78, 5) is 26.4. The molecule has 7 heteroatoms. The van der Waals surface area contributed by atoms with Crippen LogP contribution in [0.3, 0.4) is 0 Å². The van der Waals surface area contributed by atoms with E-state index in [2.05, 4.69) is 21.2 Å². The highest BCUT2D eigenvalue weighted by molar-refractivity contribution is 9.10. The number of halogens is 1. The second kappa shape index (κ2) is 7.90. The first-order valence-electron chi connectivity index (χ1n) is 8.77. The van der Waals surface area contributed by atoms with Gasteiger partial charge in [-0.25, -0.2) is 0 Å². The molecule has 4 rings (SSSR count). The van der Waals surface area contributed by atoms with Crippen LogP contribution in [0.4, 0.5) is 11.4 Å². The van der Waals surface area contributed by atoms with Crippen LogP contribution in [0.5, 0.6) is 5.75 Å². The van der Waals surface area contributed by atoms with E-state index in [0.717, 1.165) is 22.1 Å². The fraction of sp³-hybridized carbons (Fsp3) is 0.143. The number of ether oxygens (including phenoxy) is 1. The molecule has 0 unspecified atom stereocenters. The summed E-state index contributed by atoms with van der Waals surface area (Å²) in [6, 6.07) is 16.0. The Morgan fingerprint density at radius 2 is 2.04 bits per heavy atom. The monoisotopic (exact) mass is 440 g/mol. The lowest BCUT2D eigenvalue weighted by atomic mass is 10.2. The van der Waals surface area contributed by atoms with Crippen molar-refractivity contribution in [2.75, 3.05) is 23.4 Å². The third-order valence-electron chi connectivity index (χ3n) is 4.44. The Morgan fingerprint density at radius 3 is 2.86 bits per heavy atom. The number of hydrogen-bond acceptors (Lipinski definition) is 4. The van der Waals surface area contributed by atoms with E-state index in [1.807, 2.05) is 18.2 Å². The molecule has 0 saturated carbocycles. The van der Waals surface area contributed by atoms with Gasteiger partial charge in [0.1, 0.15) is 5.75 Å². The van der Waals surface area contributed by atoms with Gasteiger partial charge in [-0.1, -0.05) is 22.0 Å². The molecule has 3 aromatic rings. The van der Waals surface area contributed by atoms with Crippen molar-refractivity contribution in [3.05, 3.63) is 76.7 Å². The topological polar surface area (TPSA) is 71.8 Å². The molecule has 1 aliphatic rings. The van der Waals surface area contributed by atoms with Crippen LogP contribution < -0.4 is 15.0 Å².